The van der Waals surface area contributed by atoms with Crippen molar-refractivity contribution in [2.24, 2.45) is 0 Å². The van der Waals surface area contributed by atoms with E-state index >= 15 is 0 Å². The molecule has 0 aliphatic rings. The van der Waals surface area contributed by atoms with E-state index in [0.717, 1.165) is 16.5 Å². The Morgan fingerprint density at radius 3 is 2.77 bits per heavy atom. The zero-order chi connectivity index (χ0) is 15.1. The van der Waals surface area contributed by atoms with Crippen molar-refractivity contribution in [2.75, 3.05) is 0 Å². The SMILES string of the molecule is O=C(Cc1ccc2[nH]c(=O)[nH]c2c1)c1coc2ccccc12. The molecule has 0 fully saturated rings. The largest absolute Gasteiger partial charge is 0.464 e. The van der Waals surface area contributed by atoms with Gasteiger partial charge in [0.2, 0.25) is 0 Å². The van der Waals surface area contributed by atoms with Crippen LogP contribution in [-0.2, 0) is 6.42 Å². The van der Waals surface area contributed by atoms with E-state index in [4.69, 9.17) is 4.42 Å². The van der Waals surface area contributed by atoms with Crippen LogP contribution < -0.4 is 5.69 Å². The summed E-state index contributed by atoms with van der Waals surface area (Å²) in [6.07, 6.45) is 1.76. The van der Waals surface area contributed by atoms with Crippen LogP contribution in [0.25, 0.3) is 22.0 Å². The topological polar surface area (TPSA) is 78.9 Å². The summed E-state index contributed by atoms with van der Waals surface area (Å²) in [6.45, 7) is 0. The minimum absolute atomic E-state index is 0.0119. The molecule has 0 amide bonds. The number of carbonyl (C=O) groups excluding carboxylic acids is 1. The normalized spacial score (nSPS) is 11.3. The number of fused-ring (bicyclic) bond motifs is 2. The van der Waals surface area contributed by atoms with E-state index in [0.29, 0.717) is 16.7 Å². The summed E-state index contributed by atoms with van der Waals surface area (Å²) in [5.41, 5.74) is 3.31. The molecule has 4 rings (SSSR count). The second-order valence-electron chi connectivity index (χ2n) is 5.20. The van der Waals surface area contributed by atoms with Crippen LogP contribution in [0.1, 0.15) is 15.9 Å². The van der Waals surface area contributed by atoms with Crippen LogP contribution in [0.4, 0.5) is 0 Å². The van der Waals surface area contributed by atoms with Gasteiger partial charge in [0, 0.05) is 11.8 Å². The summed E-state index contributed by atoms with van der Waals surface area (Å²) in [4.78, 5) is 29.1. The van der Waals surface area contributed by atoms with Gasteiger partial charge in [0.1, 0.15) is 11.8 Å². The highest BCUT2D eigenvalue weighted by Crippen LogP contribution is 2.22. The van der Waals surface area contributed by atoms with Crippen LogP contribution >= 0.6 is 0 Å². The Morgan fingerprint density at radius 1 is 1.05 bits per heavy atom. The van der Waals surface area contributed by atoms with Gasteiger partial charge < -0.3 is 14.4 Å². The maximum atomic E-state index is 12.5. The average Bonchev–Trinajstić information content (AvgIpc) is 3.09. The third-order valence-electron chi connectivity index (χ3n) is 3.73. The molecule has 0 bridgehead atoms. The summed E-state index contributed by atoms with van der Waals surface area (Å²) in [6, 6.07) is 12.9. The molecule has 0 saturated heterocycles. The minimum Gasteiger partial charge on any atom is -0.464 e. The maximum Gasteiger partial charge on any atom is 0.323 e. The second kappa shape index (κ2) is 4.73. The Morgan fingerprint density at radius 2 is 1.86 bits per heavy atom. The van der Waals surface area contributed by atoms with Crippen LogP contribution in [0.15, 0.2) is 57.9 Å². The lowest BCUT2D eigenvalue weighted by Gasteiger charge is -2.00. The Labute approximate surface area is 124 Å². The number of furan rings is 1. The van der Waals surface area contributed by atoms with Crippen LogP contribution in [0.3, 0.4) is 0 Å². The molecule has 2 aromatic carbocycles. The van der Waals surface area contributed by atoms with Crippen LogP contribution in [0.2, 0.25) is 0 Å². The number of hydrogen-bond donors (Lipinski definition) is 2. The van der Waals surface area contributed by atoms with Crippen molar-refractivity contribution < 1.29 is 9.21 Å². The summed E-state index contributed by atoms with van der Waals surface area (Å²) < 4.78 is 5.41. The van der Waals surface area contributed by atoms with E-state index in [-0.39, 0.29) is 17.9 Å². The quantitative estimate of drug-likeness (QED) is 0.570. The lowest BCUT2D eigenvalue weighted by molar-refractivity contribution is 0.0994. The number of benzene rings is 2. The molecule has 5 nitrogen and oxygen atoms in total. The minimum atomic E-state index is -0.251. The summed E-state index contributed by atoms with van der Waals surface area (Å²) in [5.74, 6) is -0.0119. The second-order valence-corrected chi connectivity index (χ2v) is 5.20. The van der Waals surface area contributed by atoms with Gasteiger partial charge >= 0.3 is 5.69 Å². The molecule has 0 spiro atoms. The molecule has 0 atom stereocenters. The number of ketones is 1. The molecule has 2 heterocycles. The molecule has 108 valence electrons. The molecule has 0 unspecified atom stereocenters. The summed E-state index contributed by atoms with van der Waals surface area (Å²) in [5, 5.41) is 0.823. The number of nitrogens with one attached hydrogen (secondary N) is 2. The van der Waals surface area contributed by atoms with Crippen LogP contribution in [-0.4, -0.2) is 15.8 Å². The molecule has 0 aliphatic heterocycles. The Kier molecular flexibility index (Phi) is 2.72. The zero-order valence-corrected chi connectivity index (χ0v) is 11.6. The number of aromatic nitrogens is 2. The lowest BCUT2D eigenvalue weighted by atomic mass is 10.0. The highest BCUT2D eigenvalue weighted by molar-refractivity contribution is 6.08. The van der Waals surface area contributed by atoms with E-state index in [9.17, 15) is 9.59 Å². The number of aromatic amines is 2. The monoisotopic (exact) mass is 292 g/mol. The fourth-order valence-corrected chi connectivity index (χ4v) is 2.66. The zero-order valence-electron chi connectivity index (χ0n) is 11.6. The predicted molar refractivity (Wildman–Crippen MR) is 83.2 cm³/mol. The summed E-state index contributed by atoms with van der Waals surface area (Å²) in [7, 11) is 0. The maximum absolute atomic E-state index is 12.5. The number of H-pyrrole nitrogens is 2. The predicted octanol–water partition coefficient (Wildman–Crippen LogP) is 3.03. The van der Waals surface area contributed by atoms with Crippen molar-refractivity contribution >= 4 is 27.8 Å². The molecule has 0 radical (unpaired) electrons. The highest BCUT2D eigenvalue weighted by Gasteiger charge is 2.14. The smallest absolute Gasteiger partial charge is 0.323 e. The third kappa shape index (κ3) is 2.03. The molecule has 0 saturated carbocycles. The number of rotatable bonds is 3. The molecular weight excluding hydrogens is 280 g/mol. The molecular formula is C17H12N2O3. The molecule has 0 aliphatic carbocycles. The number of hydrogen-bond acceptors (Lipinski definition) is 3. The Balaban J connectivity index is 1.69. The van der Waals surface area contributed by atoms with Gasteiger partial charge in [-0.3, -0.25) is 4.79 Å². The highest BCUT2D eigenvalue weighted by atomic mass is 16.3. The van der Waals surface area contributed by atoms with E-state index in [1.807, 2.05) is 36.4 Å². The fourth-order valence-electron chi connectivity index (χ4n) is 2.66. The van der Waals surface area contributed by atoms with Gasteiger partial charge in [0.15, 0.2) is 5.78 Å². The van der Waals surface area contributed by atoms with Gasteiger partial charge in [-0.2, -0.15) is 0 Å². The number of para-hydroxylation sites is 1. The van der Waals surface area contributed by atoms with Crippen molar-refractivity contribution in [1.29, 1.82) is 0 Å². The van der Waals surface area contributed by atoms with Crippen molar-refractivity contribution in [3.8, 4) is 0 Å². The molecule has 4 aromatic rings. The molecule has 2 N–H and O–H groups in total. The number of carbonyl (C=O) groups is 1. The van der Waals surface area contributed by atoms with Gasteiger partial charge in [-0.15, -0.1) is 0 Å². The van der Waals surface area contributed by atoms with Gasteiger partial charge in [0.25, 0.3) is 0 Å². The third-order valence-corrected chi connectivity index (χ3v) is 3.73. The Hall–Kier alpha value is -3.08. The van der Waals surface area contributed by atoms with Crippen molar-refractivity contribution in [2.45, 2.75) is 6.42 Å². The van der Waals surface area contributed by atoms with Gasteiger partial charge in [-0.1, -0.05) is 24.3 Å². The standard InChI is InChI=1S/C17H12N2O3/c20-15(12-9-22-16-4-2-1-3-11(12)16)8-10-5-6-13-14(7-10)19-17(21)18-13/h1-7,9H,8H2,(H2,18,19,21). The van der Waals surface area contributed by atoms with E-state index < -0.39 is 0 Å². The van der Waals surface area contributed by atoms with Crippen LogP contribution in [0, 0.1) is 0 Å². The average molecular weight is 292 g/mol. The van der Waals surface area contributed by atoms with Gasteiger partial charge in [0.05, 0.1) is 16.6 Å². The van der Waals surface area contributed by atoms with Gasteiger partial charge in [-0.05, 0) is 23.8 Å². The molecule has 5 heteroatoms. The number of Topliss-reactive ketones (excluding diaryl/α,β-unsaturated/α-hetero) is 1. The van der Waals surface area contributed by atoms with Crippen molar-refractivity contribution in [1.82, 2.24) is 9.97 Å². The van der Waals surface area contributed by atoms with E-state index in [2.05, 4.69) is 9.97 Å². The fraction of sp³-hybridized carbons (Fsp3) is 0.0588. The molecule has 2 aromatic heterocycles. The van der Waals surface area contributed by atoms with E-state index in [1.54, 1.807) is 6.07 Å². The van der Waals surface area contributed by atoms with E-state index in [1.165, 1.54) is 6.26 Å². The first-order chi connectivity index (χ1) is 10.7. The van der Waals surface area contributed by atoms with Crippen molar-refractivity contribution in [3.63, 3.8) is 0 Å². The van der Waals surface area contributed by atoms with Crippen LogP contribution in [0.5, 0.6) is 0 Å². The van der Waals surface area contributed by atoms with Crippen molar-refractivity contribution in [3.05, 3.63) is 70.3 Å². The lowest BCUT2D eigenvalue weighted by Crippen LogP contribution is -2.02. The number of imidazole rings is 1. The van der Waals surface area contributed by atoms with Gasteiger partial charge in [-0.25, -0.2) is 4.79 Å². The first kappa shape index (κ1) is 12.6. The summed E-state index contributed by atoms with van der Waals surface area (Å²) >= 11 is 0. The first-order valence-corrected chi connectivity index (χ1v) is 6.91. The Bertz CT molecular complexity index is 1050. The first-order valence-electron chi connectivity index (χ1n) is 6.91. The molecule has 22 heavy (non-hydrogen) atoms.